The van der Waals surface area contributed by atoms with Gasteiger partial charge < -0.3 is 20.6 Å². The molecule has 9 heteroatoms. The zero-order chi connectivity index (χ0) is 19.3. The molecule has 5 N–H and O–H groups in total. The number of hydrazone groups is 1. The van der Waals surface area contributed by atoms with Crippen LogP contribution in [-0.2, 0) is 16.8 Å². The first kappa shape index (κ1) is 26.0. The molecule has 0 aliphatic carbocycles. The molecule has 153 valence electrons. The fourth-order valence-electron chi connectivity index (χ4n) is 1.98. The van der Waals surface area contributed by atoms with Gasteiger partial charge in [0.1, 0.15) is 0 Å². The summed E-state index contributed by atoms with van der Waals surface area (Å²) in [5.41, 5.74) is 4.24. The van der Waals surface area contributed by atoms with Crippen molar-refractivity contribution in [3.8, 4) is 11.5 Å². The van der Waals surface area contributed by atoms with Gasteiger partial charge in [-0.3, -0.25) is 10.4 Å². The Kier molecular flexibility index (Phi) is 13.5. The van der Waals surface area contributed by atoms with Gasteiger partial charge >= 0.3 is 22.5 Å². The van der Waals surface area contributed by atoms with Gasteiger partial charge in [-0.25, -0.2) is 0 Å². The van der Waals surface area contributed by atoms with E-state index < -0.39 is 0 Å². The summed E-state index contributed by atoms with van der Waals surface area (Å²) in [7, 11) is 1.53. The van der Waals surface area contributed by atoms with Crippen molar-refractivity contribution in [1.82, 2.24) is 10.4 Å². The number of aromatic nitrogens is 1. The third-order valence-electron chi connectivity index (χ3n) is 3.25. The summed E-state index contributed by atoms with van der Waals surface area (Å²) in [4.78, 5) is 3.78. The monoisotopic (exact) mass is 457 g/mol. The van der Waals surface area contributed by atoms with Crippen molar-refractivity contribution in [3.63, 3.8) is 0 Å². The minimum Gasteiger partial charge on any atom is -0.870 e. The van der Waals surface area contributed by atoms with Gasteiger partial charge in [0.2, 0.25) is 5.75 Å². The number of hydrogen-bond donors (Lipinski definition) is 2. The third kappa shape index (κ3) is 9.67. The topological polar surface area (TPSA) is 111 Å². The van der Waals surface area contributed by atoms with E-state index in [2.05, 4.69) is 20.8 Å². The maximum absolute atomic E-state index is 7.92. The minimum absolute atomic E-state index is 0. The van der Waals surface area contributed by atoms with E-state index in [1.165, 1.54) is 13.3 Å². The predicted octanol–water partition coefficient (Wildman–Crippen LogP) is 3.36. The normalized spacial score (nSPS) is 9.14. The van der Waals surface area contributed by atoms with Crippen LogP contribution in [0.5, 0.6) is 11.5 Å². The van der Waals surface area contributed by atoms with Crippen molar-refractivity contribution < 1.29 is 32.1 Å². The van der Waals surface area contributed by atoms with Crippen LogP contribution in [0.3, 0.4) is 0 Å². The number of nitrogens with zero attached hydrogens (tertiary/aromatic N) is 2. The molecule has 2 aromatic carbocycles. The van der Waals surface area contributed by atoms with E-state index in [1.807, 2.05) is 48.5 Å². The fraction of sp³-hybridized carbons (Fsp3) is 0.0500. The second-order valence-corrected chi connectivity index (χ2v) is 5.55. The van der Waals surface area contributed by atoms with E-state index in [-0.39, 0.29) is 28.0 Å². The number of pyridine rings is 1. The van der Waals surface area contributed by atoms with E-state index in [9.17, 15) is 0 Å². The summed E-state index contributed by atoms with van der Waals surface area (Å²) in [6.45, 7) is 0. The second kappa shape index (κ2) is 15.0. The van der Waals surface area contributed by atoms with E-state index in [4.69, 9.17) is 22.1 Å². The SMILES string of the molecule is COc1cccc(C=NNC(=S)Nc2ccccc2)c1[OH2+].[Co+2].[OH-].c1ccncc1. The summed E-state index contributed by atoms with van der Waals surface area (Å²) < 4.78 is 5.08. The summed E-state index contributed by atoms with van der Waals surface area (Å²) >= 11 is 5.13. The number of nitrogens with one attached hydrogen (secondary N) is 2. The third-order valence-corrected chi connectivity index (χ3v) is 3.44. The number of methoxy groups -OCH3 is 1. The summed E-state index contributed by atoms with van der Waals surface area (Å²) in [5.74, 6) is 0.788. The molecule has 0 spiro atoms. The van der Waals surface area contributed by atoms with E-state index in [0.717, 1.165) is 5.69 Å². The maximum atomic E-state index is 7.92. The Bertz CT molecular complexity index is 841. The van der Waals surface area contributed by atoms with E-state index >= 15 is 0 Å². The maximum Gasteiger partial charge on any atom is 2.00 e. The van der Waals surface area contributed by atoms with Gasteiger partial charge in [-0.05, 0) is 48.6 Å². The van der Waals surface area contributed by atoms with Crippen molar-refractivity contribution in [1.29, 1.82) is 0 Å². The van der Waals surface area contributed by atoms with Crippen LogP contribution in [0.1, 0.15) is 5.56 Å². The number of hydrogen-bond acceptors (Lipinski definition) is 5. The van der Waals surface area contributed by atoms with Crippen molar-refractivity contribution in [2.45, 2.75) is 0 Å². The number of para-hydroxylation sites is 2. The van der Waals surface area contributed by atoms with E-state index in [0.29, 0.717) is 16.4 Å². The molecule has 3 rings (SSSR count). The second-order valence-electron chi connectivity index (χ2n) is 5.14. The number of rotatable bonds is 4. The standard InChI is InChI=1S/C15H15N3O2S.C5H5N.Co.H2O/c1-20-13-9-5-6-11(14(13)19)10-16-18-15(21)17-12-7-3-2-4-8-12;1-2-4-6-5-3-1;;/h2-10,19H,1H3,(H2,17,18,21);1-5H;;1H2/q;;+2;. The van der Waals surface area contributed by atoms with Gasteiger partial charge in [-0.15, -0.1) is 0 Å². The molecule has 7 nitrogen and oxygen atoms in total. The van der Waals surface area contributed by atoms with Crippen LogP contribution in [0.15, 0.2) is 84.2 Å². The Morgan fingerprint density at radius 2 is 1.69 bits per heavy atom. The molecule has 0 atom stereocenters. The van der Waals surface area contributed by atoms with Crippen LogP contribution in [0.25, 0.3) is 0 Å². The molecule has 1 heterocycles. The quantitative estimate of drug-likeness (QED) is 0.269. The molecule has 0 saturated heterocycles. The van der Waals surface area contributed by atoms with Crippen LogP contribution in [0.4, 0.5) is 5.69 Å². The summed E-state index contributed by atoms with van der Waals surface area (Å²) in [6, 6.07) is 20.6. The van der Waals surface area contributed by atoms with Crippen LogP contribution < -0.4 is 15.5 Å². The molecule has 1 aromatic heterocycles. The molecular formula is C20H22CoN4O3S+2. The van der Waals surface area contributed by atoms with Crippen LogP contribution in [0, 0.1) is 0 Å². The first-order valence-electron chi connectivity index (χ1n) is 8.09. The van der Waals surface area contributed by atoms with E-state index in [1.54, 1.807) is 30.6 Å². The van der Waals surface area contributed by atoms with Gasteiger partial charge in [-0.2, -0.15) is 5.10 Å². The van der Waals surface area contributed by atoms with Gasteiger partial charge in [0.05, 0.1) is 18.9 Å². The number of thiocarbonyl (C=S) groups is 1. The van der Waals surface area contributed by atoms with Crippen molar-refractivity contribution in [2.24, 2.45) is 5.10 Å². The number of anilines is 1. The summed E-state index contributed by atoms with van der Waals surface area (Å²) in [6.07, 6.45) is 5.03. The first-order chi connectivity index (χ1) is 13.2. The van der Waals surface area contributed by atoms with Crippen LogP contribution in [0.2, 0.25) is 0 Å². The van der Waals surface area contributed by atoms with Gasteiger partial charge in [-0.1, -0.05) is 30.3 Å². The predicted molar refractivity (Wildman–Crippen MR) is 116 cm³/mol. The Labute approximate surface area is 185 Å². The van der Waals surface area contributed by atoms with Crippen molar-refractivity contribution >= 4 is 29.2 Å². The van der Waals surface area contributed by atoms with Crippen molar-refractivity contribution in [3.05, 3.63) is 84.7 Å². The minimum atomic E-state index is 0. The Morgan fingerprint density at radius 1 is 1.03 bits per heavy atom. The van der Waals surface area contributed by atoms with Crippen LogP contribution >= 0.6 is 12.2 Å². The Hall–Kier alpha value is -2.98. The molecule has 0 fully saturated rings. The smallest absolute Gasteiger partial charge is 0.870 e. The molecule has 1 radical (unpaired) electrons. The first-order valence-corrected chi connectivity index (χ1v) is 8.50. The zero-order valence-electron chi connectivity index (χ0n) is 15.6. The zero-order valence-corrected chi connectivity index (χ0v) is 17.4. The molecule has 0 aliphatic heterocycles. The Balaban J connectivity index is 0.000000843. The molecule has 29 heavy (non-hydrogen) atoms. The largest absolute Gasteiger partial charge is 2.00 e. The summed E-state index contributed by atoms with van der Waals surface area (Å²) in [5, 5.41) is 15.3. The van der Waals surface area contributed by atoms with Gasteiger partial charge in [0.25, 0.3) is 0 Å². The van der Waals surface area contributed by atoms with Gasteiger partial charge in [0, 0.05) is 18.1 Å². The molecule has 0 aliphatic rings. The molecule has 0 amide bonds. The average Bonchev–Trinajstić information content (AvgIpc) is 2.72. The molecule has 0 saturated carbocycles. The van der Waals surface area contributed by atoms with Crippen LogP contribution in [-0.4, -0.2) is 34.0 Å². The number of ether oxygens (including phenoxy) is 1. The fourth-order valence-corrected chi connectivity index (χ4v) is 2.15. The number of benzene rings is 2. The molecular weight excluding hydrogens is 435 g/mol. The van der Waals surface area contributed by atoms with Crippen molar-refractivity contribution in [2.75, 3.05) is 12.4 Å². The average molecular weight is 457 g/mol. The molecule has 3 aromatic rings. The molecule has 0 bridgehead atoms. The molecule has 0 unspecified atom stereocenters. The Morgan fingerprint density at radius 3 is 2.24 bits per heavy atom. The van der Waals surface area contributed by atoms with Gasteiger partial charge in [0.15, 0.2) is 5.11 Å².